The lowest BCUT2D eigenvalue weighted by Gasteiger charge is -2.07. The fourth-order valence-corrected chi connectivity index (χ4v) is 2.40. The molecule has 1 saturated heterocycles. The number of rotatable bonds is 2. The van der Waals surface area contributed by atoms with E-state index in [0.717, 1.165) is 15.7 Å². The van der Waals surface area contributed by atoms with Crippen LogP contribution in [0.1, 0.15) is 11.9 Å². The number of hydrogen-bond acceptors (Lipinski definition) is 2. The second-order valence-electron chi connectivity index (χ2n) is 3.88. The van der Waals surface area contributed by atoms with Crippen molar-refractivity contribution >= 4 is 15.9 Å². The molecule has 0 aliphatic carbocycles. The van der Waals surface area contributed by atoms with Crippen LogP contribution in [0.5, 0.6) is 0 Å². The molecule has 1 aromatic carbocycles. The summed E-state index contributed by atoms with van der Waals surface area (Å²) >= 11 is 3.54. The molecule has 3 nitrogen and oxygen atoms in total. The zero-order valence-corrected chi connectivity index (χ0v) is 10.8. The van der Waals surface area contributed by atoms with Gasteiger partial charge in [-0.3, -0.25) is 0 Å². The summed E-state index contributed by atoms with van der Waals surface area (Å²) in [6.07, 6.45) is 3.84. The minimum atomic E-state index is -0.210. The molecule has 0 bridgehead atoms. The highest BCUT2D eigenvalue weighted by Crippen LogP contribution is 2.26. The summed E-state index contributed by atoms with van der Waals surface area (Å²) in [7, 11) is 0. The van der Waals surface area contributed by atoms with Gasteiger partial charge in [0.1, 0.15) is 0 Å². The third-order valence-corrected chi connectivity index (χ3v) is 3.41. The minimum absolute atomic E-state index is 0.210. The third kappa shape index (κ3) is 2.16. The predicted molar refractivity (Wildman–Crippen MR) is 68.1 cm³/mol. The van der Waals surface area contributed by atoms with Gasteiger partial charge in [-0.1, -0.05) is 12.1 Å². The van der Waals surface area contributed by atoms with Crippen molar-refractivity contribution in [2.45, 2.75) is 6.29 Å². The van der Waals surface area contributed by atoms with Crippen LogP contribution in [-0.4, -0.2) is 17.8 Å². The topological polar surface area (TPSA) is 23.4 Å². The molecule has 1 fully saturated rings. The Balaban J connectivity index is 1.92. The Hall–Kier alpha value is -1.10. The number of para-hydroxylation sites is 1. The molecular weight excluding hydrogens is 282 g/mol. The molecular formula is C13H12BrNO2. The standard InChI is InChI=1S/C13H12BrNO2/c14-11-3-1-2-4-12(11)15-6-5-10(9-15)13-16-7-8-17-13/h1-6,9,13H,7-8H2. The summed E-state index contributed by atoms with van der Waals surface area (Å²) in [5.74, 6) is 0. The first-order chi connectivity index (χ1) is 8.34. The van der Waals surface area contributed by atoms with E-state index >= 15 is 0 Å². The van der Waals surface area contributed by atoms with Crippen LogP contribution in [0.25, 0.3) is 5.69 Å². The summed E-state index contributed by atoms with van der Waals surface area (Å²) in [5, 5.41) is 0. The van der Waals surface area contributed by atoms with Crippen LogP contribution in [0.3, 0.4) is 0 Å². The Kier molecular flexibility index (Phi) is 3.01. The lowest BCUT2D eigenvalue weighted by Crippen LogP contribution is -1.96. The second-order valence-corrected chi connectivity index (χ2v) is 4.73. The van der Waals surface area contributed by atoms with Crippen molar-refractivity contribution in [1.82, 2.24) is 4.57 Å². The summed E-state index contributed by atoms with van der Waals surface area (Å²) < 4.78 is 14.1. The summed E-state index contributed by atoms with van der Waals surface area (Å²) in [4.78, 5) is 0. The van der Waals surface area contributed by atoms with Gasteiger partial charge in [0.15, 0.2) is 6.29 Å². The van der Waals surface area contributed by atoms with Crippen molar-refractivity contribution in [2.75, 3.05) is 13.2 Å². The molecule has 0 saturated carbocycles. The van der Waals surface area contributed by atoms with Gasteiger partial charge >= 0.3 is 0 Å². The Morgan fingerprint density at radius 1 is 1.12 bits per heavy atom. The van der Waals surface area contributed by atoms with Crippen LogP contribution in [-0.2, 0) is 9.47 Å². The summed E-state index contributed by atoms with van der Waals surface area (Å²) in [6, 6.07) is 10.1. The lowest BCUT2D eigenvalue weighted by atomic mass is 10.3. The molecule has 0 atom stereocenters. The number of hydrogen-bond donors (Lipinski definition) is 0. The van der Waals surface area contributed by atoms with Gasteiger partial charge in [-0.25, -0.2) is 0 Å². The van der Waals surface area contributed by atoms with E-state index in [2.05, 4.69) is 26.6 Å². The molecule has 1 aliphatic rings. The fourth-order valence-electron chi connectivity index (χ4n) is 1.91. The molecule has 0 radical (unpaired) electrons. The number of nitrogens with zero attached hydrogens (tertiary/aromatic N) is 1. The smallest absolute Gasteiger partial charge is 0.185 e. The van der Waals surface area contributed by atoms with Crippen LogP contribution < -0.4 is 0 Å². The maximum Gasteiger partial charge on any atom is 0.185 e. The normalized spacial score (nSPS) is 16.5. The van der Waals surface area contributed by atoms with Crippen molar-refractivity contribution < 1.29 is 9.47 Å². The van der Waals surface area contributed by atoms with E-state index in [9.17, 15) is 0 Å². The number of aromatic nitrogens is 1. The molecule has 88 valence electrons. The number of halogens is 1. The molecule has 0 spiro atoms. The molecule has 1 aliphatic heterocycles. The van der Waals surface area contributed by atoms with Gasteiger partial charge in [0, 0.05) is 22.4 Å². The van der Waals surface area contributed by atoms with E-state index in [1.807, 2.05) is 36.7 Å². The van der Waals surface area contributed by atoms with Crippen molar-refractivity contribution in [2.24, 2.45) is 0 Å². The molecule has 0 unspecified atom stereocenters. The molecule has 2 heterocycles. The molecule has 2 aromatic rings. The van der Waals surface area contributed by atoms with Crippen molar-refractivity contribution in [3.05, 3.63) is 52.8 Å². The van der Waals surface area contributed by atoms with Crippen molar-refractivity contribution in [3.8, 4) is 5.69 Å². The Bertz CT molecular complexity index is 518. The van der Waals surface area contributed by atoms with E-state index in [4.69, 9.17) is 9.47 Å². The van der Waals surface area contributed by atoms with Crippen LogP contribution >= 0.6 is 15.9 Å². The molecule has 4 heteroatoms. The summed E-state index contributed by atoms with van der Waals surface area (Å²) in [6.45, 7) is 1.34. The average molecular weight is 294 g/mol. The SMILES string of the molecule is Brc1ccccc1-n1ccc(C2OCCO2)c1. The molecule has 0 N–H and O–H groups in total. The number of benzene rings is 1. The predicted octanol–water partition coefficient (Wildman–Crippen LogP) is 3.29. The average Bonchev–Trinajstić information content (AvgIpc) is 3.00. The first-order valence-electron chi connectivity index (χ1n) is 5.50. The van der Waals surface area contributed by atoms with E-state index in [1.165, 1.54) is 0 Å². The Labute approximate surface area is 108 Å². The first kappa shape index (κ1) is 11.0. The molecule has 0 amide bonds. The molecule has 3 rings (SSSR count). The zero-order chi connectivity index (χ0) is 11.7. The second kappa shape index (κ2) is 4.64. The third-order valence-electron chi connectivity index (χ3n) is 2.74. The van der Waals surface area contributed by atoms with Gasteiger partial charge in [0.05, 0.1) is 18.9 Å². The largest absolute Gasteiger partial charge is 0.346 e. The van der Waals surface area contributed by atoms with E-state index in [0.29, 0.717) is 13.2 Å². The van der Waals surface area contributed by atoms with Crippen LogP contribution in [0, 0.1) is 0 Å². The molecule has 17 heavy (non-hydrogen) atoms. The molecule has 1 aromatic heterocycles. The van der Waals surface area contributed by atoms with Crippen LogP contribution in [0.15, 0.2) is 47.2 Å². The van der Waals surface area contributed by atoms with E-state index in [1.54, 1.807) is 0 Å². The quantitative estimate of drug-likeness (QED) is 0.848. The van der Waals surface area contributed by atoms with E-state index < -0.39 is 0 Å². The fraction of sp³-hybridized carbons (Fsp3) is 0.231. The van der Waals surface area contributed by atoms with Crippen LogP contribution in [0.4, 0.5) is 0 Å². The van der Waals surface area contributed by atoms with E-state index in [-0.39, 0.29) is 6.29 Å². The van der Waals surface area contributed by atoms with Gasteiger partial charge in [-0.05, 0) is 34.1 Å². The van der Waals surface area contributed by atoms with Gasteiger partial charge < -0.3 is 14.0 Å². The van der Waals surface area contributed by atoms with Crippen LogP contribution in [0.2, 0.25) is 0 Å². The first-order valence-corrected chi connectivity index (χ1v) is 6.30. The van der Waals surface area contributed by atoms with Gasteiger partial charge in [0.25, 0.3) is 0 Å². The maximum atomic E-state index is 5.47. The highest BCUT2D eigenvalue weighted by molar-refractivity contribution is 9.10. The zero-order valence-electron chi connectivity index (χ0n) is 9.17. The Morgan fingerprint density at radius 3 is 2.65 bits per heavy atom. The minimum Gasteiger partial charge on any atom is -0.346 e. The highest BCUT2D eigenvalue weighted by Gasteiger charge is 2.19. The maximum absolute atomic E-state index is 5.47. The van der Waals surface area contributed by atoms with Crippen molar-refractivity contribution in [1.29, 1.82) is 0 Å². The Morgan fingerprint density at radius 2 is 1.88 bits per heavy atom. The monoisotopic (exact) mass is 293 g/mol. The summed E-state index contributed by atoms with van der Waals surface area (Å²) in [5.41, 5.74) is 2.16. The van der Waals surface area contributed by atoms with Gasteiger partial charge in [0.2, 0.25) is 0 Å². The van der Waals surface area contributed by atoms with Gasteiger partial charge in [-0.15, -0.1) is 0 Å². The number of ether oxygens (including phenoxy) is 2. The lowest BCUT2D eigenvalue weighted by molar-refractivity contribution is -0.0440. The highest BCUT2D eigenvalue weighted by atomic mass is 79.9. The van der Waals surface area contributed by atoms with Gasteiger partial charge in [-0.2, -0.15) is 0 Å². The van der Waals surface area contributed by atoms with Crippen molar-refractivity contribution in [3.63, 3.8) is 0 Å².